The zero-order valence-electron chi connectivity index (χ0n) is 8.08. The van der Waals surface area contributed by atoms with Gasteiger partial charge < -0.3 is 15.3 Å². The highest BCUT2D eigenvalue weighted by atomic mass is 16.3. The Morgan fingerprint density at radius 1 is 1.67 bits per heavy atom. The minimum atomic E-state index is -0.170. The van der Waals surface area contributed by atoms with Crippen molar-refractivity contribution in [3.63, 3.8) is 0 Å². The molecule has 12 heavy (non-hydrogen) atoms. The molecule has 1 rings (SSSR count). The predicted molar refractivity (Wildman–Crippen MR) is 50.2 cm³/mol. The molecule has 2 N–H and O–H groups in total. The number of likely N-dealkylation sites (N-methyl/N-ethyl adjacent to an activating group) is 1. The van der Waals surface area contributed by atoms with Crippen molar-refractivity contribution in [1.29, 1.82) is 0 Å². The average Bonchev–Trinajstić information content (AvgIpc) is 2.35. The number of aliphatic hydroxyl groups excluding tert-OH is 1. The zero-order valence-corrected chi connectivity index (χ0v) is 8.08. The number of aliphatic hydroxyl groups is 1. The van der Waals surface area contributed by atoms with Crippen LogP contribution in [-0.4, -0.2) is 48.8 Å². The van der Waals surface area contributed by atoms with E-state index in [9.17, 15) is 0 Å². The van der Waals surface area contributed by atoms with Crippen LogP contribution >= 0.6 is 0 Å². The molecule has 0 aromatic rings. The summed E-state index contributed by atoms with van der Waals surface area (Å²) in [5.74, 6) is 0. The summed E-state index contributed by atoms with van der Waals surface area (Å²) in [5.41, 5.74) is 0. The summed E-state index contributed by atoms with van der Waals surface area (Å²) < 4.78 is 0. The Bertz CT molecular complexity index is 128. The maximum absolute atomic E-state index is 9.03. The largest absolute Gasteiger partial charge is 0.393 e. The molecule has 72 valence electrons. The third-order valence-electron chi connectivity index (χ3n) is 2.39. The summed E-state index contributed by atoms with van der Waals surface area (Å²) in [7, 11) is 2.15. The molecule has 0 radical (unpaired) electrons. The lowest BCUT2D eigenvalue weighted by Gasteiger charge is -2.13. The SMILES string of the molecule is CC(O)CCNC1CCN(C)C1. The van der Waals surface area contributed by atoms with Crippen LogP contribution in [0.25, 0.3) is 0 Å². The van der Waals surface area contributed by atoms with E-state index in [4.69, 9.17) is 5.11 Å². The number of rotatable bonds is 4. The molecule has 1 aliphatic rings. The molecule has 0 saturated carbocycles. The number of nitrogens with zero attached hydrogens (tertiary/aromatic N) is 1. The highest BCUT2D eigenvalue weighted by molar-refractivity contribution is 4.78. The first-order valence-electron chi connectivity index (χ1n) is 4.78. The van der Waals surface area contributed by atoms with E-state index in [-0.39, 0.29) is 6.10 Å². The summed E-state index contributed by atoms with van der Waals surface area (Å²) in [6.07, 6.45) is 1.94. The number of likely N-dealkylation sites (tertiary alicyclic amines) is 1. The Hall–Kier alpha value is -0.120. The Balaban J connectivity index is 2.00. The van der Waals surface area contributed by atoms with Crippen LogP contribution in [0.15, 0.2) is 0 Å². The lowest BCUT2D eigenvalue weighted by Crippen LogP contribution is -2.33. The van der Waals surface area contributed by atoms with E-state index < -0.39 is 0 Å². The highest BCUT2D eigenvalue weighted by Gasteiger charge is 2.17. The molecule has 1 fully saturated rings. The second kappa shape index (κ2) is 4.80. The summed E-state index contributed by atoms with van der Waals surface area (Å²) >= 11 is 0. The number of hydrogen-bond acceptors (Lipinski definition) is 3. The summed E-state index contributed by atoms with van der Waals surface area (Å²) in [6.45, 7) is 5.13. The van der Waals surface area contributed by atoms with Gasteiger partial charge in [0.2, 0.25) is 0 Å². The van der Waals surface area contributed by atoms with Crippen molar-refractivity contribution in [2.75, 3.05) is 26.7 Å². The molecule has 1 aliphatic heterocycles. The van der Waals surface area contributed by atoms with Crippen molar-refractivity contribution in [2.24, 2.45) is 0 Å². The minimum Gasteiger partial charge on any atom is -0.393 e. The molecule has 3 nitrogen and oxygen atoms in total. The van der Waals surface area contributed by atoms with Gasteiger partial charge in [0.15, 0.2) is 0 Å². The van der Waals surface area contributed by atoms with Crippen molar-refractivity contribution in [2.45, 2.75) is 31.9 Å². The van der Waals surface area contributed by atoms with E-state index in [0.29, 0.717) is 6.04 Å². The van der Waals surface area contributed by atoms with Crippen LogP contribution in [0.4, 0.5) is 0 Å². The van der Waals surface area contributed by atoms with Crippen LogP contribution in [0.2, 0.25) is 0 Å². The lowest BCUT2D eigenvalue weighted by molar-refractivity contribution is 0.182. The fourth-order valence-corrected chi connectivity index (χ4v) is 1.60. The Morgan fingerprint density at radius 2 is 2.42 bits per heavy atom. The van der Waals surface area contributed by atoms with Crippen LogP contribution in [0.3, 0.4) is 0 Å². The molecule has 0 bridgehead atoms. The van der Waals surface area contributed by atoms with E-state index in [0.717, 1.165) is 19.5 Å². The van der Waals surface area contributed by atoms with Crippen molar-refractivity contribution in [1.82, 2.24) is 10.2 Å². The van der Waals surface area contributed by atoms with Gasteiger partial charge in [0.05, 0.1) is 6.10 Å². The summed E-state index contributed by atoms with van der Waals surface area (Å²) in [6, 6.07) is 0.647. The van der Waals surface area contributed by atoms with Gasteiger partial charge in [-0.25, -0.2) is 0 Å². The molecular formula is C9H20N2O. The van der Waals surface area contributed by atoms with Crippen molar-refractivity contribution < 1.29 is 5.11 Å². The van der Waals surface area contributed by atoms with Crippen LogP contribution < -0.4 is 5.32 Å². The van der Waals surface area contributed by atoms with Gasteiger partial charge in [0, 0.05) is 12.6 Å². The molecule has 3 heteroatoms. The van der Waals surface area contributed by atoms with Gasteiger partial charge in [-0.15, -0.1) is 0 Å². The van der Waals surface area contributed by atoms with Gasteiger partial charge >= 0.3 is 0 Å². The zero-order chi connectivity index (χ0) is 8.97. The minimum absolute atomic E-state index is 0.170. The standard InChI is InChI=1S/C9H20N2O/c1-8(12)3-5-10-9-4-6-11(2)7-9/h8-10,12H,3-7H2,1-2H3. The first kappa shape index (κ1) is 9.96. The molecule has 1 heterocycles. The molecule has 0 amide bonds. The van der Waals surface area contributed by atoms with Gasteiger partial charge in [0.1, 0.15) is 0 Å². The molecule has 0 aliphatic carbocycles. The maximum atomic E-state index is 9.03. The van der Waals surface area contributed by atoms with Crippen LogP contribution in [0, 0.1) is 0 Å². The lowest BCUT2D eigenvalue weighted by atomic mass is 10.2. The van der Waals surface area contributed by atoms with E-state index in [1.165, 1.54) is 13.0 Å². The fourth-order valence-electron chi connectivity index (χ4n) is 1.60. The molecule has 0 spiro atoms. The smallest absolute Gasteiger partial charge is 0.0524 e. The maximum Gasteiger partial charge on any atom is 0.0524 e. The first-order valence-corrected chi connectivity index (χ1v) is 4.78. The second-order valence-electron chi connectivity index (χ2n) is 3.84. The van der Waals surface area contributed by atoms with Gasteiger partial charge in [-0.1, -0.05) is 0 Å². The highest BCUT2D eigenvalue weighted by Crippen LogP contribution is 2.05. The van der Waals surface area contributed by atoms with Crippen LogP contribution in [-0.2, 0) is 0 Å². The van der Waals surface area contributed by atoms with Crippen molar-refractivity contribution >= 4 is 0 Å². The van der Waals surface area contributed by atoms with E-state index in [2.05, 4.69) is 17.3 Å². The summed E-state index contributed by atoms with van der Waals surface area (Å²) in [5, 5.41) is 12.5. The quantitative estimate of drug-likeness (QED) is 0.629. The third kappa shape index (κ3) is 3.52. The van der Waals surface area contributed by atoms with Gasteiger partial charge in [-0.2, -0.15) is 0 Å². The van der Waals surface area contributed by atoms with Crippen LogP contribution in [0.1, 0.15) is 19.8 Å². The van der Waals surface area contributed by atoms with Crippen molar-refractivity contribution in [3.8, 4) is 0 Å². The third-order valence-corrected chi connectivity index (χ3v) is 2.39. The molecule has 2 unspecified atom stereocenters. The Labute approximate surface area is 74.8 Å². The monoisotopic (exact) mass is 172 g/mol. The molecular weight excluding hydrogens is 152 g/mol. The van der Waals surface area contributed by atoms with E-state index in [1.54, 1.807) is 0 Å². The molecule has 0 aromatic carbocycles. The molecule has 1 saturated heterocycles. The second-order valence-corrected chi connectivity index (χ2v) is 3.84. The average molecular weight is 172 g/mol. The molecule has 2 atom stereocenters. The topological polar surface area (TPSA) is 35.5 Å². The Morgan fingerprint density at radius 3 is 2.92 bits per heavy atom. The fraction of sp³-hybridized carbons (Fsp3) is 1.00. The summed E-state index contributed by atoms with van der Waals surface area (Å²) in [4.78, 5) is 2.33. The first-order chi connectivity index (χ1) is 5.68. The van der Waals surface area contributed by atoms with Gasteiger partial charge in [-0.3, -0.25) is 0 Å². The van der Waals surface area contributed by atoms with E-state index in [1.807, 2.05) is 6.92 Å². The van der Waals surface area contributed by atoms with Gasteiger partial charge in [0.25, 0.3) is 0 Å². The normalized spacial score (nSPS) is 27.8. The number of hydrogen-bond donors (Lipinski definition) is 2. The van der Waals surface area contributed by atoms with Gasteiger partial charge in [-0.05, 0) is 39.9 Å². The van der Waals surface area contributed by atoms with E-state index >= 15 is 0 Å². The molecule has 0 aromatic heterocycles. The number of nitrogens with one attached hydrogen (secondary N) is 1. The van der Waals surface area contributed by atoms with Crippen LogP contribution in [0.5, 0.6) is 0 Å². The predicted octanol–water partition coefficient (Wildman–Crippen LogP) is 0.0510. The Kier molecular flexibility index (Phi) is 3.98. The van der Waals surface area contributed by atoms with Crippen molar-refractivity contribution in [3.05, 3.63) is 0 Å².